The van der Waals surface area contributed by atoms with Crippen molar-refractivity contribution >= 4 is 63.9 Å². The van der Waals surface area contributed by atoms with Crippen molar-refractivity contribution in [1.82, 2.24) is 4.57 Å². The van der Waals surface area contributed by atoms with Crippen LogP contribution in [0.5, 0.6) is 5.75 Å². The van der Waals surface area contributed by atoms with E-state index in [1.54, 1.807) is 61.5 Å². The third kappa shape index (κ3) is 6.52. The molecule has 232 valence electrons. The van der Waals surface area contributed by atoms with Gasteiger partial charge in [0.05, 0.1) is 28.5 Å². The molecule has 0 fully saturated rings. The summed E-state index contributed by atoms with van der Waals surface area (Å²) in [5.74, 6) is -0.608. The molecule has 5 aromatic rings. The van der Waals surface area contributed by atoms with E-state index in [0.29, 0.717) is 52.5 Å². The summed E-state index contributed by atoms with van der Waals surface area (Å²) in [6.07, 6.45) is 1.67. The molecule has 46 heavy (non-hydrogen) atoms. The molecule has 0 saturated heterocycles. The molecule has 1 atom stereocenters. The first-order valence-electron chi connectivity index (χ1n) is 14.1. The van der Waals surface area contributed by atoms with Gasteiger partial charge in [0.25, 0.3) is 5.56 Å². The Bertz CT molecular complexity index is 2160. The van der Waals surface area contributed by atoms with Crippen LogP contribution in [0.15, 0.2) is 106 Å². The summed E-state index contributed by atoms with van der Waals surface area (Å²) in [6, 6.07) is 24.2. The number of hydrogen-bond acceptors (Lipinski definition) is 6. The van der Waals surface area contributed by atoms with Crippen molar-refractivity contribution in [3.63, 3.8) is 0 Å². The lowest BCUT2D eigenvalue weighted by Crippen LogP contribution is -2.40. The van der Waals surface area contributed by atoms with E-state index >= 15 is 0 Å². The van der Waals surface area contributed by atoms with Crippen LogP contribution in [0.1, 0.15) is 35.2 Å². The second-order valence-electron chi connectivity index (χ2n) is 10.2. The number of carbonyl (C=O) groups is 1. The van der Waals surface area contributed by atoms with Gasteiger partial charge < -0.3 is 9.47 Å². The van der Waals surface area contributed by atoms with Gasteiger partial charge in [0.2, 0.25) is 0 Å². The molecule has 6 rings (SSSR count). The lowest BCUT2D eigenvalue weighted by molar-refractivity contribution is -0.138. The zero-order valence-corrected chi connectivity index (χ0v) is 27.3. The van der Waals surface area contributed by atoms with Crippen LogP contribution in [0, 0.1) is 5.82 Å². The molecule has 0 spiro atoms. The molecule has 0 N–H and O–H groups in total. The van der Waals surface area contributed by atoms with Crippen LogP contribution in [0.4, 0.5) is 4.39 Å². The highest BCUT2D eigenvalue weighted by Gasteiger charge is 2.35. The fourth-order valence-electron chi connectivity index (χ4n) is 5.10. The van der Waals surface area contributed by atoms with Crippen LogP contribution in [0.2, 0.25) is 15.1 Å². The molecule has 1 aromatic heterocycles. The number of aromatic nitrogens is 1. The number of esters is 1. The molecule has 4 aromatic carbocycles. The SMILES string of the molecule is CCOC(=O)C1=C(c2ccccc2)N=c2s/c(=C\c3cc(Cl)ccc3OCc3ccc(Cl)cc3Cl)c(=O)n2[C@@H]1c1ccc(F)cc1. The largest absolute Gasteiger partial charge is 0.488 e. The first kappa shape index (κ1) is 31.8. The van der Waals surface area contributed by atoms with Crippen molar-refractivity contribution in [1.29, 1.82) is 0 Å². The monoisotopic (exact) mass is 692 g/mol. The minimum absolute atomic E-state index is 0.115. The van der Waals surface area contributed by atoms with Crippen molar-refractivity contribution in [2.24, 2.45) is 4.99 Å². The molecule has 0 radical (unpaired) electrons. The Morgan fingerprint density at radius 2 is 1.70 bits per heavy atom. The Balaban J connectivity index is 1.53. The molecule has 0 aliphatic carbocycles. The summed E-state index contributed by atoms with van der Waals surface area (Å²) in [6.45, 7) is 1.96. The molecule has 0 amide bonds. The Labute approximate surface area is 282 Å². The third-order valence-corrected chi connectivity index (χ3v) is 9.02. The van der Waals surface area contributed by atoms with Gasteiger partial charge in [-0.25, -0.2) is 14.2 Å². The normalized spacial score (nSPS) is 14.5. The number of halogens is 4. The summed E-state index contributed by atoms with van der Waals surface area (Å²) < 4.78 is 27.4. The lowest BCUT2D eigenvalue weighted by atomic mass is 9.93. The number of nitrogens with zero attached hydrogens (tertiary/aromatic N) is 2. The summed E-state index contributed by atoms with van der Waals surface area (Å²) in [5, 5.41) is 1.41. The molecule has 11 heteroatoms. The van der Waals surface area contributed by atoms with E-state index in [1.807, 2.05) is 30.3 Å². The molecule has 2 heterocycles. The maximum absolute atomic E-state index is 14.2. The number of benzene rings is 4. The maximum atomic E-state index is 14.2. The third-order valence-electron chi connectivity index (χ3n) is 7.22. The standard InChI is InChI=1S/C35H24Cl3FN2O4S/c1-2-44-34(43)30-31(20-6-4-3-5-7-20)40-35-41(32(30)21-9-13-26(39)14-10-21)33(42)29(46-35)17-23-16-24(36)12-15-28(23)45-19-22-8-11-25(37)18-27(22)38/h3-18,32H,2,19H2,1H3/b29-17-/t32-/m1/s1. The fourth-order valence-corrected chi connectivity index (χ4v) is 6.74. The van der Waals surface area contributed by atoms with E-state index in [1.165, 1.54) is 16.7 Å². The predicted octanol–water partition coefficient (Wildman–Crippen LogP) is 7.61. The van der Waals surface area contributed by atoms with Gasteiger partial charge >= 0.3 is 5.97 Å². The molecule has 6 nitrogen and oxygen atoms in total. The number of rotatable bonds is 8. The summed E-state index contributed by atoms with van der Waals surface area (Å²) >= 11 is 19.9. The maximum Gasteiger partial charge on any atom is 0.338 e. The smallest absolute Gasteiger partial charge is 0.338 e. The summed E-state index contributed by atoms with van der Waals surface area (Å²) in [4.78, 5) is 33.0. The van der Waals surface area contributed by atoms with Gasteiger partial charge in [0, 0.05) is 31.8 Å². The van der Waals surface area contributed by atoms with Crippen LogP contribution < -0.4 is 19.6 Å². The Morgan fingerprint density at radius 1 is 0.978 bits per heavy atom. The Kier molecular flexibility index (Phi) is 9.42. The van der Waals surface area contributed by atoms with Gasteiger partial charge in [-0.15, -0.1) is 0 Å². The van der Waals surface area contributed by atoms with E-state index in [0.717, 1.165) is 16.9 Å². The average molecular weight is 694 g/mol. The van der Waals surface area contributed by atoms with Gasteiger partial charge in [0.1, 0.15) is 18.2 Å². The number of carbonyl (C=O) groups excluding carboxylic acids is 1. The Hall–Kier alpha value is -4.21. The highest BCUT2D eigenvalue weighted by atomic mass is 35.5. The first-order chi connectivity index (χ1) is 22.2. The van der Waals surface area contributed by atoms with Gasteiger partial charge in [-0.2, -0.15) is 0 Å². The van der Waals surface area contributed by atoms with Crippen molar-refractivity contribution in [2.75, 3.05) is 6.61 Å². The molecule has 0 unspecified atom stereocenters. The predicted molar refractivity (Wildman–Crippen MR) is 180 cm³/mol. The fraction of sp³-hybridized carbons (Fsp3) is 0.114. The van der Waals surface area contributed by atoms with Crippen molar-refractivity contribution in [2.45, 2.75) is 19.6 Å². The van der Waals surface area contributed by atoms with Crippen LogP contribution in [0.3, 0.4) is 0 Å². The first-order valence-corrected chi connectivity index (χ1v) is 16.1. The zero-order chi connectivity index (χ0) is 32.4. The highest BCUT2D eigenvalue weighted by molar-refractivity contribution is 7.07. The average Bonchev–Trinajstić information content (AvgIpc) is 3.35. The summed E-state index contributed by atoms with van der Waals surface area (Å²) in [7, 11) is 0. The van der Waals surface area contributed by atoms with Crippen molar-refractivity contribution < 1.29 is 18.7 Å². The minimum Gasteiger partial charge on any atom is -0.488 e. The molecular weight excluding hydrogens is 670 g/mol. The van der Waals surface area contributed by atoms with Crippen LogP contribution in [-0.4, -0.2) is 17.1 Å². The van der Waals surface area contributed by atoms with Crippen LogP contribution in [0.25, 0.3) is 11.8 Å². The molecule has 1 aliphatic heterocycles. The van der Waals surface area contributed by atoms with E-state index in [4.69, 9.17) is 49.3 Å². The Morgan fingerprint density at radius 3 is 2.41 bits per heavy atom. The van der Waals surface area contributed by atoms with Crippen molar-refractivity contribution in [3.8, 4) is 5.75 Å². The second kappa shape index (κ2) is 13.6. The number of hydrogen-bond donors (Lipinski definition) is 0. The summed E-state index contributed by atoms with van der Waals surface area (Å²) in [5.41, 5.74) is 2.60. The van der Waals surface area contributed by atoms with Crippen LogP contribution >= 0.6 is 46.1 Å². The van der Waals surface area contributed by atoms with Crippen molar-refractivity contribution in [3.05, 3.63) is 159 Å². The molecule has 1 aliphatic rings. The minimum atomic E-state index is -0.935. The van der Waals surface area contributed by atoms with Crippen LogP contribution in [-0.2, 0) is 16.1 Å². The lowest BCUT2D eigenvalue weighted by Gasteiger charge is -2.25. The van der Waals surface area contributed by atoms with E-state index in [-0.39, 0.29) is 18.8 Å². The van der Waals surface area contributed by atoms with E-state index in [2.05, 4.69) is 0 Å². The topological polar surface area (TPSA) is 69.9 Å². The molecule has 0 saturated carbocycles. The molecular formula is C35H24Cl3FN2O4S. The van der Waals surface area contributed by atoms with Gasteiger partial charge in [0.15, 0.2) is 4.80 Å². The quantitative estimate of drug-likeness (QED) is 0.157. The van der Waals surface area contributed by atoms with Gasteiger partial charge in [-0.3, -0.25) is 9.36 Å². The second-order valence-corrected chi connectivity index (χ2v) is 12.5. The zero-order valence-electron chi connectivity index (χ0n) is 24.2. The number of fused-ring (bicyclic) bond motifs is 1. The van der Waals surface area contributed by atoms with E-state index < -0.39 is 23.4 Å². The number of ether oxygens (including phenoxy) is 2. The molecule has 0 bridgehead atoms. The van der Waals surface area contributed by atoms with Gasteiger partial charge in [-0.1, -0.05) is 94.7 Å². The van der Waals surface area contributed by atoms with E-state index in [9.17, 15) is 14.0 Å². The highest BCUT2D eigenvalue weighted by Crippen LogP contribution is 2.35. The van der Waals surface area contributed by atoms with Gasteiger partial charge in [-0.05, 0) is 61.0 Å². The number of thiazole rings is 1.